The van der Waals surface area contributed by atoms with E-state index in [1.165, 1.54) is 25.1 Å². The number of hydrogen-bond donors (Lipinski definition) is 1. The SMILES string of the molecule is COc1ccc(-c2cc([C@H]3CN4CC[C@H]3C[C@@H]4CN)n(C)n2)cc1. The molecule has 0 saturated carbocycles. The van der Waals surface area contributed by atoms with Crippen LogP contribution in [0, 0.1) is 5.92 Å². The number of nitrogens with zero attached hydrogens (tertiary/aromatic N) is 3. The van der Waals surface area contributed by atoms with E-state index in [9.17, 15) is 0 Å². The minimum Gasteiger partial charge on any atom is -0.497 e. The fraction of sp³-hybridized carbons (Fsp3) is 0.526. The summed E-state index contributed by atoms with van der Waals surface area (Å²) in [6.07, 6.45) is 2.51. The van der Waals surface area contributed by atoms with Crippen molar-refractivity contribution in [2.24, 2.45) is 18.7 Å². The Morgan fingerprint density at radius 2 is 2.08 bits per heavy atom. The van der Waals surface area contributed by atoms with Gasteiger partial charge < -0.3 is 10.5 Å². The number of piperidine rings is 3. The summed E-state index contributed by atoms with van der Waals surface area (Å²) in [7, 11) is 3.76. The van der Waals surface area contributed by atoms with Gasteiger partial charge in [-0.05, 0) is 55.6 Å². The molecule has 3 saturated heterocycles. The Labute approximate surface area is 143 Å². The molecule has 1 aromatic heterocycles. The van der Waals surface area contributed by atoms with Gasteiger partial charge in [0.05, 0.1) is 12.8 Å². The second kappa shape index (κ2) is 6.22. The first-order chi connectivity index (χ1) is 11.7. The third-order valence-electron chi connectivity index (χ3n) is 5.83. The summed E-state index contributed by atoms with van der Waals surface area (Å²) >= 11 is 0. The molecule has 0 aliphatic carbocycles. The summed E-state index contributed by atoms with van der Waals surface area (Å²) in [6.45, 7) is 3.10. The number of hydrogen-bond acceptors (Lipinski definition) is 4. The monoisotopic (exact) mass is 326 g/mol. The van der Waals surface area contributed by atoms with E-state index in [4.69, 9.17) is 15.6 Å². The predicted octanol–water partition coefficient (Wildman–Crippen LogP) is 2.23. The van der Waals surface area contributed by atoms with Crippen molar-refractivity contribution in [1.82, 2.24) is 14.7 Å². The maximum atomic E-state index is 5.94. The van der Waals surface area contributed by atoms with Crippen LogP contribution in [-0.4, -0.2) is 47.5 Å². The molecule has 0 radical (unpaired) electrons. The Balaban J connectivity index is 1.60. The van der Waals surface area contributed by atoms with Gasteiger partial charge in [-0.2, -0.15) is 5.10 Å². The van der Waals surface area contributed by atoms with Gasteiger partial charge in [0, 0.05) is 43.4 Å². The number of methoxy groups -OCH3 is 1. The molecule has 5 heteroatoms. The van der Waals surface area contributed by atoms with Crippen molar-refractivity contribution >= 4 is 0 Å². The molecule has 4 atom stereocenters. The molecule has 128 valence electrons. The Hall–Kier alpha value is -1.85. The van der Waals surface area contributed by atoms with Crippen LogP contribution in [0.15, 0.2) is 30.3 Å². The average Bonchev–Trinajstić information content (AvgIpc) is 3.03. The van der Waals surface area contributed by atoms with Crippen molar-refractivity contribution in [3.8, 4) is 17.0 Å². The van der Waals surface area contributed by atoms with Gasteiger partial charge in [-0.1, -0.05) is 0 Å². The van der Waals surface area contributed by atoms with Gasteiger partial charge in [-0.25, -0.2) is 0 Å². The fourth-order valence-electron chi connectivity index (χ4n) is 4.45. The Morgan fingerprint density at radius 3 is 2.71 bits per heavy atom. The number of fused-ring (bicyclic) bond motifs is 3. The molecule has 1 aromatic carbocycles. The van der Waals surface area contributed by atoms with E-state index in [1.807, 2.05) is 12.1 Å². The number of aryl methyl sites for hydroxylation is 1. The zero-order valence-corrected chi connectivity index (χ0v) is 14.5. The van der Waals surface area contributed by atoms with Crippen LogP contribution in [0.3, 0.4) is 0 Å². The van der Waals surface area contributed by atoms with Crippen LogP contribution < -0.4 is 10.5 Å². The lowest BCUT2D eigenvalue weighted by atomic mass is 9.74. The molecule has 3 aliphatic rings. The molecule has 1 unspecified atom stereocenters. The minimum atomic E-state index is 0.575. The second-order valence-corrected chi connectivity index (χ2v) is 7.08. The maximum Gasteiger partial charge on any atom is 0.118 e. The lowest BCUT2D eigenvalue weighted by Crippen LogP contribution is -2.55. The summed E-state index contributed by atoms with van der Waals surface area (Å²) in [4.78, 5) is 2.57. The van der Waals surface area contributed by atoms with Crippen LogP contribution in [0.25, 0.3) is 11.3 Å². The first-order valence-electron chi connectivity index (χ1n) is 8.82. The van der Waals surface area contributed by atoms with E-state index >= 15 is 0 Å². The standard InChI is InChI=1S/C19H26N4O/c1-22-19(17-12-23-8-7-14(17)9-15(23)11-20)10-18(21-22)13-3-5-16(24-2)6-4-13/h3-6,10,14-15,17H,7-9,11-12,20H2,1-2H3/t14-,15+,17-/m0/s1. The van der Waals surface area contributed by atoms with Crippen LogP contribution in [0.5, 0.6) is 5.75 Å². The molecule has 5 nitrogen and oxygen atoms in total. The Kier molecular flexibility index (Phi) is 4.06. The van der Waals surface area contributed by atoms with Crippen molar-refractivity contribution in [2.75, 3.05) is 26.7 Å². The van der Waals surface area contributed by atoms with E-state index in [-0.39, 0.29) is 0 Å². The summed E-state index contributed by atoms with van der Waals surface area (Å²) in [6, 6.07) is 11.0. The number of ether oxygens (including phenoxy) is 1. The molecule has 4 heterocycles. The zero-order valence-electron chi connectivity index (χ0n) is 14.5. The Morgan fingerprint density at radius 1 is 1.29 bits per heavy atom. The van der Waals surface area contributed by atoms with E-state index in [0.29, 0.717) is 12.0 Å². The van der Waals surface area contributed by atoms with Crippen molar-refractivity contribution in [1.29, 1.82) is 0 Å². The molecule has 2 bridgehead atoms. The van der Waals surface area contributed by atoms with Crippen molar-refractivity contribution in [2.45, 2.75) is 24.8 Å². The van der Waals surface area contributed by atoms with Gasteiger partial charge in [0.15, 0.2) is 0 Å². The first-order valence-corrected chi connectivity index (χ1v) is 8.82. The van der Waals surface area contributed by atoms with E-state index < -0.39 is 0 Å². The van der Waals surface area contributed by atoms with Gasteiger partial charge in [-0.3, -0.25) is 9.58 Å². The topological polar surface area (TPSA) is 56.3 Å². The quantitative estimate of drug-likeness (QED) is 0.936. The lowest BCUT2D eigenvalue weighted by Gasteiger charge is -2.49. The highest BCUT2D eigenvalue weighted by Crippen LogP contribution is 2.42. The van der Waals surface area contributed by atoms with E-state index in [1.54, 1.807) is 7.11 Å². The van der Waals surface area contributed by atoms with E-state index in [0.717, 1.165) is 36.0 Å². The summed E-state index contributed by atoms with van der Waals surface area (Å²) in [5, 5.41) is 4.77. The molecular weight excluding hydrogens is 300 g/mol. The van der Waals surface area contributed by atoms with Crippen LogP contribution in [-0.2, 0) is 7.05 Å². The molecule has 3 aliphatic heterocycles. The molecule has 2 N–H and O–H groups in total. The van der Waals surface area contributed by atoms with Gasteiger partial charge in [0.25, 0.3) is 0 Å². The van der Waals surface area contributed by atoms with Crippen LogP contribution in [0.1, 0.15) is 24.5 Å². The molecule has 5 rings (SSSR count). The highest BCUT2D eigenvalue weighted by atomic mass is 16.5. The van der Waals surface area contributed by atoms with Crippen LogP contribution in [0.2, 0.25) is 0 Å². The lowest BCUT2D eigenvalue weighted by molar-refractivity contribution is 0.0322. The largest absolute Gasteiger partial charge is 0.497 e. The highest BCUT2D eigenvalue weighted by Gasteiger charge is 2.41. The van der Waals surface area contributed by atoms with Crippen molar-refractivity contribution in [3.05, 3.63) is 36.0 Å². The number of benzene rings is 1. The van der Waals surface area contributed by atoms with E-state index in [2.05, 4.69) is 34.8 Å². The van der Waals surface area contributed by atoms with Gasteiger partial charge in [0.2, 0.25) is 0 Å². The average molecular weight is 326 g/mol. The number of rotatable bonds is 4. The van der Waals surface area contributed by atoms with Crippen LogP contribution >= 0.6 is 0 Å². The maximum absolute atomic E-state index is 5.94. The van der Waals surface area contributed by atoms with Gasteiger partial charge in [-0.15, -0.1) is 0 Å². The summed E-state index contributed by atoms with van der Waals surface area (Å²) < 4.78 is 7.31. The molecule has 2 aromatic rings. The van der Waals surface area contributed by atoms with Gasteiger partial charge in [0.1, 0.15) is 5.75 Å². The number of aromatic nitrogens is 2. The summed E-state index contributed by atoms with van der Waals surface area (Å²) in [5.41, 5.74) is 9.47. The number of nitrogens with two attached hydrogens (primary N) is 1. The molecule has 3 fully saturated rings. The zero-order chi connectivity index (χ0) is 16.7. The highest BCUT2D eigenvalue weighted by molar-refractivity contribution is 5.60. The second-order valence-electron chi connectivity index (χ2n) is 7.08. The van der Waals surface area contributed by atoms with Gasteiger partial charge >= 0.3 is 0 Å². The molecule has 0 amide bonds. The normalized spacial score (nSPS) is 29.0. The molecule has 24 heavy (non-hydrogen) atoms. The fourth-order valence-corrected chi connectivity index (χ4v) is 4.45. The predicted molar refractivity (Wildman–Crippen MR) is 95.1 cm³/mol. The minimum absolute atomic E-state index is 0.575. The van der Waals surface area contributed by atoms with Crippen molar-refractivity contribution in [3.63, 3.8) is 0 Å². The third-order valence-corrected chi connectivity index (χ3v) is 5.83. The smallest absolute Gasteiger partial charge is 0.118 e. The first kappa shape index (κ1) is 15.7. The van der Waals surface area contributed by atoms with Crippen LogP contribution in [0.4, 0.5) is 0 Å². The van der Waals surface area contributed by atoms with Crippen molar-refractivity contribution < 1.29 is 4.74 Å². The molecule has 0 spiro atoms. The third kappa shape index (κ3) is 2.62. The Bertz CT molecular complexity index is 709. The molecular formula is C19H26N4O. The summed E-state index contributed by atoms with van der Waals surface area (Å²) in [5.74, 6) is 2.19.